The zero-order chi connectivity index (χ0) is 26.0. The van der Waals surface area contributed by atoms with E-state index in [2.05, 4.69) is 16.8 Å². The van der Waals surface area contributed by atoms with E-state index in [9.17, 15) is 15.0 Å². The summed E-state index contributed by atoms with van der Waals surface area (Å²) in [5.41, 5.74) is 2.60. The predicted molar refractivity (Wildman–Crippen MR) is 144 cm³/mol. The van der Waals surface area contributed by atoms with Gasteiger partial charge in [-0.3, -0.25) is 9.69 Å². The fourth-order valence-corrected chi connectivity index (χ4v) is 4.71. The first-order valence-corrected chi connectivity index (χ1v) is 12.6. The molecule has 1 fully saturated rings. The van der Waals surface area contributed by atoms with Crippen LogP contribution in [-0.4, -0.2) is 44.9 Å². The number of rotatable bonds is 4. The quantitative estimate of drug-likeness (QED) is 0.387. The molecule has 6 nitrogen and oxygen atoms in total. The van der Waals surface area contributed by atoms with Crippen LogP contribution in [0.4, 0.5) is 0 Å². The van der Waals surface area contributed by atoms with Gasteiger partial charge in [0, 0.05) is 41.5 Å². The van der Waals surface area contributed by atoms with Gasteiger partial charge in [0.1, 0.15) is 17.0 Å². The molecule has 4 aromatic rings. The number of halogens is 1. The van der Waals surface area contributed by atoms with Crippen molar-refractivity contribution in [2.75, 3.05) is 13.1 Å². The second-order valence-corrected chi connectivity index (χ2v) is 9.87. The Bertz CT molecular complexity index is 1540. The standard InChI is InChI=1S/C30H27ClN2O4/c1-2-30(36)13-14-33(19-29(30)35)18-25-16-27(34)26-15-20(4-12-28(26)37-25)3-10-24-11-7-22(17-32-24)21-5-8-23(31)9-6-21/h4-9,11-12,15-17,29,35-36H,2,13-14,18-19H2,1H3/t29-,30+/m0/s1. The number of nitrogens with zero attached hydrogens (tertiary/aromatic N) is 2. The van der Waals surface area contributed by atoms with E-state index in [1.165, 1.54) is 6.07 Å². The van der Waals surface area contributed by atoms with E-state index < -0.39 is 11.7 Å². The molecule has 0 amide bonds. The van der Waals surface area contributed by atoms with Crippen LogP contribution in [0.15, 0.2) is 76.1 Å². The average Bonchev–Trinajstić information content (AvgIpc) is 2.91. The van der Waals surface area contributed by atoms with Gasteiger partial charge in [0.15, 0.2) is 5.43 Å². The smallest absolute Gasteiger partial charge is 0.193 e. The fraction of sp³-hybridized carbons (Fsp3) is 0.267. The first-order valence-electron chi connectivity index (χ1n) is 12.3. The van der Waals surface area contributed by atoms with E-state index in [1.54, 1.807) is 18.3 Å². The number of hydrogen-bond donors (Lipinski definition) is 2. The van der Waals surface area contributed by atoms with Gasteiger partial charge in [-0.15, -0.1) is 0 Å². The molecule has 0 bridgehead atoms. The molecule has 2 N–H and O–H groups in total. The van der Waals surface area contributed by atoms with Crippen LogP contribution < -0.4 is 5.43 Å². The summed E-state index contributed by atoms with van der Waals surface area (Å²) < 4.78 is 5.98. The van der Waals surface area contributed by atoms with Crippen LogP contribution >= 0.6 is 11.6 Å². The van der Waals surface area contributed by atoms with Gasteiger partial charge in [-0.2, -0.15) is 0 Å². The first kappa shape index (κ1) is 25.2. The van der Waals surface area contributed by atoms with Crippen LogP contribution in [0.3, 0.4) is 0 Å². The van der Waals surface area contributed by atoms with Crippen molar-refractivity contribution in [1.29, 1.82) is 0 Å². The van der Waals surface area contributed by atoms with E-state index in [-0.39, 0.29) is 5.43 Å². The second kappa shape index (κ2) is 10.5. The zero-order valence-electron chi connectivity index (χ0n) is 20.4. The van der Waals surface area contributed by atoms with Crippen LogP contribution in [0.25, 0.3) is 22.1 Å². The molecule has 7 heteroatoms. The minimum Gasteiger partial charge on any atom is -0.459 e. The van der Waals surface area contributed by atoms with Crippen molar-refractivity contribution in [3.63, 3.8) is 0 Å². The summed E-state index contributed by atoms with van der Waals surface area (Å²) >= 11 is 5.96. The summed E-state index contributed by atoms with van der Waals surface area (Å²) in [6, 6.07) is 18.2. The highest BCUT2D eigenvalue weighted by molar-refractivity contribution is 6.30. The molecule has 2 atom stereocenters. The lowest BCUT2D eigenvalue weighted by Gasteiger charge is -2.41. The SMILES string of the molecule is CC[C@@]1(O)CCN(Cc2cc(=O)c3cc(C#Cc4ccc(-c5ccc(Cl)cc5)cn4)ccc3o2)C[C@@H]1O. The van der Waals surface area contributed by atoms with E-state index in [4.69, 9.17) is 16.0 Å². The Balaban J connectivity index is 1.30. The maximum Gasteiger partial charge on any atom is 0.193 e. The summed E-state index contributed by atoms with van der Waals surface area (Å²) in [6.07, 6.45) is 1.92. The Morgan fingerprint density at radius 3 is 2.59 bits per heavy atom. The molecule has 1 saturated heterocycles. The number of likely N-dealkylation sites (tertiary alicyclic amines) is 1. The molecular weight excluding hydrogens is 488 g/mol. The van der Waals surface area contributed by atoms with Crippen LogP contribution in [0.5, 0.6) is 0 Å². The third-order valence-corrected chi connectivity index (χ3v) is 7.21. The monoisotopic (exact) mass is 514 g/mol. The van der Waals surface area contributed by atoms with Crippen molar-refractivity contribution in [1.82, 2.24) is 9.88 Å². The third kappa shape index (κ3) is 5.61. The van der Waals surface area contributed by atoms with Crippen LogP contribution in [0, 0.1) is 11.8 Å². The molecule has 0 unspecified atom stereocenters. The van der Waals surface area contributed by atoms with E-state index in [0.717, 1.165) is 11.1 Å². The normalized spacial score (nSPS) is 19.9. The molecule has 0 radical (unpaired) electrons. The second-order valence-electron chi connectivity index (χ2n) is 9.43. The van der Waals surface area contributed by atoms with Crippen molar-refractivity contribution in [3.8, 4) is 23.0 Å². The lowest BCUT2D eigenvalue weighted by Crippen LogP contribution is -2.54. The number of aliphatic hydroxyl groups is 2. The lowest BCUT2D eigenvalue weighted by atomic mass is 9.86. The van der Waals surface area contributed by atoms with E-state index in [0.29, 0.717) is 65.5 Å². The van der Waals surface area contributed by atoms with Gasteiger partial charge in [-0.05, 0) is 60.7 Å². The summed E-state index contributed by atoms with van der Waals surface area (Å²) in [6.45, 7) is 3.21. The maximum absolute atomic E-state index is 12.8. The number of hydrogen-bond acceptors (Lipinski definition) is 6. The van der Waals surface area contributed by atoms with Gasteiger partial charge in [0.05, 0.1) is 23.6 Å². The number of fused-ring (bicyclic) bond motifs is 1. The van der Waals surface area contributed by atoms with Gasteiger partial charge in [0.25, 0.3) is 0 Å². The minimum atomic E-state index is -1.05. The predicted octanol–water partition coefficient (Wildman–Crippen LogP) is 4.62. The fourth-order valence-electron chi connectivity index (χ4n) is 4.58. The number of aromatic nitrogens is 1. The molecular formula is C30H27ClN2O4. The van der Waals surface area contributed by atoms with Crippen molar-refractivity contribution < 1.29 is 14.6 Å². The van der Waals surface area contributed by atoms with E-state index in [1.807, 2.05) is 54.3 Å². The first-order chi connectivity index (χ1) is 17.8. The van der Waals surface area contributed by atoms with Crippen LogP contribution in [0.1, 0.15) is 36.8 Å². The Morgan fingerprint density at radius 1 is 1.11 bits per heavy atom. The molecule has 3 heterocycles. The van der Waals surface area contributed by atoms with Gasteiger partial charge in [-0.25, -0.2) is 4.98 Å². The van der Waals surface area contributed by atoms with Gasteiger partial charge in [0.2, 0.25) is 0 Å². The molecule has 0 spiro atoms. The Labute approximate surface area is 220 Å². The molecule has 1 aliphatic heterocycles. The largest absolute Gasteiger partial charge is 0.459 e. The summed E-state index contributed by atoms with van der Waals surface area (Å²) in [4.78, 5) is 19.3. The number of pyridine rings is 1. The van der Waals surface area contributed by atoms with Crippen LogP contribution in [0.2, 0.25) is 5.02 Å². The summed E-state index contributed by atoms with van der Waals surface area (Å²) in [7, 11) is 0. The maximum atomic E-state index is 12.8. The molecule has 0 aliphatic carbocycles. The Morgan fingerprint density at radius 2 is 1.89 bits per heavy atom. The van der Waals surface area contributed by atoms with E-state index >= 15 is 0 Å². The van der Waals surface area contributed by atoms with Crippen LogP contribution in [-0.2, 0) is 6.54 Å². The highest BCUT2D eigenvalue weighted by Crippen LogP contribution is 2.27. The highest BCUT2D eigenvalue weighted by atomic mass is 35.5. The minimum absolute atomic E-state index is 0.145. The summed E-state index contributed by atoms with van der Waals surface area (Å²) in [5, 5.41) is 21.9. The molecule has 5 rings (SSSR count). The summed E-state index contributed by atoms with van der Waals surface area (Å²) in [5.74, 6) is 6.65. The zero-order valence-corrected chi connectivity index (χ0v) is 21.2. The lowest BCUT2D eigenvalue weighted by molar-refractivity contribution is -0.122. The molecule has 188 valence electrons. The average molecular weight is 515 g/mol. The van der Waals surface area contributed by atoms with Crippen molar-refractivity contribution in [2.45, 2.75) is 38.0 Å². The molecule has 2 aromatic carbocycles. The van der Waals surface area contributed by atoms with Crippen molar-refractivity contribution in [3.05, 3.63) is 99.1 Å². The van der Waals surface area contributed by atoms with Crippen molar-refractivity contribution in [2.24, 2.45) is 0 Å². The van der Waals surface area contributed by atoms with Gasteiger partial charge in [-0.1, -0.05) is 42.6 Å². The number of aliphatic hydroxyl groups excluding tert-OH is 1. The molecule has 1 aliphatic rings. The number of benzene rings is 2. The number of β-amino-alcohol motifs (C(OH)–C–C–N with tert-alkyl or cyclic N) is 1. The topological polar surface area (TPSA) is 86.8 Å². The molecule has 37 heavy (non-hydrogen) atoms. The molecule has 0 saturated carbocycles. The Kier molecular flexibility index (Phi) is 7.14. The van der Waals surface area contributed by atoms with Gasteiger partial charge >= 0.3 is 0 Å². The van der Waals surface area contributed by atoms with Crippen molar-refractivity contribution >= 4 is 22.6 Å². The van der Waals surface area contributed by atoms with Gasteiger partial charge < -0.3 is 14.6 Å². The molecule has 2 aromatic heterocycles. The highest BCUT2D eigenvalue weighted by Gasteiger charge is 2.39. The number of piperidine rings is 1. The Hall–Kier alpha value is -3.47. The third-order valence-electron chi connectivity index (χ3n) is 6.96.